The van der Waals surface area contributed by atoms with Gasteiger partial charge in [0.05, 0.1) is 43.8 Å². The van der Waals surface area contributed by atoms with E-state index in [2.05, 4.69) is 36.6 Å². The second-order valence-electron chi connectivity index (χ2n) is 17.2. The van der Waals surface area contributed by atoms with Crippen molar-refractivity contribution in [2.24, 2.45) is 0 Å². The van der Waals surface area contributed by atoms with Crippen LogP contribution >= 0.6 is 0 Å². The molecule has 2 aliphatic heterocycles. The number of fused-ring (bicyclic) bond motifs is 2. The van der Waals surface area contributed by atoms with Crippen molar-refractivity contribution >= 4 is 62.6 Å². The number of anilines is 2. The maximum absolute atomic E-state index is 13.2. The minimum Gasteiger partial charge on any atom is -0.444 e. The summed E-state index contributed by atoms with van der Waals surface area (Å²) in [6.07, 6.45) is 2.57. The van der Waals surface area contributed by atoms with Crippen molar-refractivity contribution < 1.29 is 38.2 Å². The van der Waals surface area contributed by atoms with E-state index in [4.69, 9.17) is 14.2 Å². The van der Waals surface area contributed by atoms with Gasteiger partial charge in [-0.1, -0.05) is 60.7 Å². The van der Waals surface area contributed by atoms with E-state index in [0.717, 1.165) is 39.2 Å². The lowest BCUT2D eigenvalue weighted by Gasteiger charge is -2.36. The number of hydrogen-bond donors (Lipinski definition) is 5. The fraction of sp³-hybridized carbons (Fsp3) is 0.314. The topological polar surface area (TPSA) is 202 Å². The van der Waals surface area contributed by atoms with Gasteiger partial charge in [0.25, 0.3) is 23.6 Å². The van der Waals surface area contributed by atoms with E-state index in [-0.39, 0.29) is 48.3 Å². The van der Waals surface area contributed by atoms with Crippen LogP contribution in [0.5, 0.6) is 0 Å². The molecule has 8 rings (SSSR count). The number of carbonyl (C=O) groups excluding carboxylic acids is 5. The Kier molecular flexibility index (Phi) is 15.5. The van der Waals surface area contributed by atoms with Gasteiger partial charge < -0.3 is 40.8 Å². The molecule has 4 heterocycles. The molecule has 348 valence electrons. The number of ether oxygens (including phenoxy) is 3. The van der Waals surface area contributed by atoms with Gasteiger partial charge >= 0.3 is 6.09 Å². The first-order valence-corrected chi connectivity index (χ1v) is 22.2. The summed E-state index contributed by atoms with van der Waals surface area (Å²) in [5, 5.41) is 18.4. The molecule has 0 spiro atoms. The molecule has 4 aromatic carbocycles. The summed E-state index contributed by atoms with van der Waals surface area (Å²) in [4.78, 5) is 74.6. The summed E-state index contributed by atoms with van der Waals surface area (Å²) in [6, 6.07) is 29.2. The first-order valence-electron chi connectivity index (χ1n) is 22.2. The fourth-order valence-corrected chi connectivity index (χ4v) is 7.78. The molecule has 2 aromatic heterocycles. The number of amides is 5. The summed E-state index contributed by atoms with van der Waals surface area (Å²) < 4.78 is 16.4. The van der Waals surface area contributed by atoms with Crippen LogP contribution in [-0.2, 0) is 14.2 Å². The van der Waals surface area contributed by atoms with E-state index in [1.165, 1.54) is 12.4 Å². The number of rotatable bonds is 10. The molecule has 2 saturated heterocycles. The molecule has 0 aliphatic carbocycles. The van der Waals surface area contributed by atoms with Gasteiger partial charge in [-0.05, 0) is 104 Å². The highest BCUT2D eigenvalue weighted by molar-refractivity contribution is 6.16. The van der Waals surface area contributed by atoms with Crippen LogP contribution in [0, 0.1) is 13.8 Å². The summed E-state index contributed by atoms with van der Waals surface area (Å²) in [7, 11) is 0. The Balaban J connectivity index is 0.000000203. The Morgan fingerprint density at radius 2 is 1.15 bits per heavy atom. The van der Waals surface area contributed by atoms with E-state index < -0.39 is 23.6 Å². The third kappa shape index (κ3) is 12.1. The molecule has 16 heteroatoms. The molecule has 2 fully saturated rings. The van der Waals surface area contributed by atoms with Gasteiger partial charge in [-0.3, -0.25) is 24.1 Å². The number of morpholine rings is 2. The van der Waals surface area contributed by atoms with Crippen LogP contribution in [-0.4, -0.2) is 115 Å². The van der Waals surface area contributed by atoms with Crippen molar-refractivity contribution in [2.45, 2.75) is 52.3 Å². The van der Waals surface area contributed by atoms with Crippen LogP contribution < -0.4 is 26.6 Å². The van der Waals surface area contributed by atoms with Crippen LogP contribution in [0.1, 0.15) is 73.6 Å². The van der Waals surface area contributed by atoms with Gasteiger partial charge in [0, 0.05) is 55.7 Å². The SMILES string of the molecule is Cc1ccc(C(=O)Nc2cccnc2C(=O)NCC2COCCN2)c2ccccc12.Cc1ccc(C(=O)Nc2cccnc2C(=O)NCC2COCCN2C(=O)OC(C)(C)C)c2ccccc12. The minimum absolute atomic E-state index is 0.0587. The average Bonchev–Trinajstić information content (AvgIpc) is 3.33. The molecule has 2 atom stereocenters. The molecule has 6 aromatic rings. The van der Waals surface area contributed by atoms with Crippen molar-refractivity contribution in [3.05, 3.63) is 143 Å². The third-order valence-corrected chi connectivity index (χ3v) is 11.2. The normalized spacial score (nSPS) is 16.0. The van der Waals surface area contributed by atoms with Crippen molar-refractivity contribution in [3.63, 3.8) is 0 Å². The lowest BCUT2D eigenvalue weighted by atomic mass is 10.00. The fourth-order valence-electron chi connectivity index (χ4n) is 7.78. The number of nitrogens with one attached hydrogen (secondary N) is 5. The maximum Gasteiger partial charge on any atom is 0.410 e. The molecule has 16 nitrogen and oxygen atoms in total. The summed E-state index contributed by atoms with van der Waals surface area (Å²) in [5.41, 5.74) is 3.51. The number of benzene rings is 4. The predicted octanol–water partition coefficient (Wildman–Crippen LogP) is 6.67. The van der Waals surface area contributed by atoms with E-state index in [1.807, 2.05) is 74.5 Å². The molecule has 0 radical (unpaired) electrons. The first kappa shape index (κ1) is 47.7. The number of aromatic nitrogens is 2. The van der Waals surface area contributed by atoms with Gasteiger partial charge in [0.15, 0.2) is 11.4 Å². The summed E-state index contributed by atoms with van der Waals surface area (Å²) >= 11 is 0. The molecule has 0 saturated carbocycles. The molecule has 2 unspecified atom stereocenters. The Bertz CT molecular complexity index is 2770. The second kappa shape index (κ2) is 21.8. The lowest BCUT2D eigenvalue weighted by Crippen LogP contribution is -2.54. The molecule has 5 N–H and O–H groups in total. The smallest absolute Gasteiger partial charge is 0.410 e. The Morgan fingerprint density at radius 3 is 1.66 bits per heavy atom. The molecular formula is C51H56N8O8. The van der Waals surface area contributed by atoms with Gasteiger partial charge in [-0.2, -0.15) is 0 Å². The number of nitrogens with zero attached hydrogens (tertiary/aromatic N) is 3. The van der Waals surface area contributed by atoms with Crippen LogP contribution in [0.3, 0.4) is 0 Å². The number of pyridine rings is 2. The average molecular weight is 909 g/mol. The molecule has 67 heavy (non-hydrogen) atoms. The molecular weight excluding hydrogens is 853 g/mol. The third-order valence-electron chi connectivity index (χ3n) is 11.2. The van der Waals surface area contributed by atoms with Gasteiger partial charge in [-0.25, -0.2) is 14.8 Å². The van der Waals surface area contributed by atoms with Crippen molar-refractivity contribution in [1.29, 1.82) is 0 Å². The largest absolute Gasteiger partial charge is 0.444 e. The van der Waals surface area contributed by atoms with Crippen LogP contribution in [0.25, 0.3) is 21.5 Å². The molecule has 5 amide bonds. The van der Waals surface area contributed by atoms with E-state index in [9.17, 15) is 24.0 Å². The minimum atomic E-state index is -0.632. The summed E-state index contributed by atoms with van der Waals surface area (Å²) in [6.45, 7) is 13.0. The zero-order valence-electron chi connectivity index (χ0n) is 38.3. The second-order valence-corrected chi connectivity index (χ2v) is 17.2. The first-order chi connectivity index (χ1) is 32.3. The Morgan fingerprint density at radius 1 is 0.642 bits per heavy atom. The number of hydrogen-bond acceptors (Lipinski definition) is 11. The van der Waals surface area contributed by atoms with Gasteiger partial charge in [0.1, 0.15) is 5.60 Å². The van der Waals surface area contributed by atoms with Crippen LogP contribution in [0.2, 0.25) is 0 Å². The predicted molar refractivity (Wildman–Crippen MR) is 257 cm³/mol. The van der Waals surface area contributed by atoms with Crippen LogP contribution in [0.15, 0.2) is 109 Å². The quantitative estimate of drug-likeness (QED) is 0.0983. The molecule has 2 aliphatic rings. The molecule has 0 bridgehead atoms. The van der Waals surface area contributed by atoms with E-state index >= 15 is 0 Å². The number of carbonyl (C=O) groups is 5. The summed E-state index contributed by atoms with van der Waals surface area (Å²) in [5.74, 6) is -1.43. The lowest BCUT2D eigenvalue weighted by molar-refractivity contribution is -0.0314. The Hall–Kier alpha value is -7.27. The van der Waals surface area contributed by atoms with Gasteiger partial charge in [-0.15, -0.1) is 0 Å². The highest BCUT2D eigenvalue weighted by Crippen LogP contribution is 2.26. The van der Waals surface area contributed by atoms with E-state index in [1.54, 1.807) is 62.1 Å². The van der Waals surface area contributed by atoms with Gasteiger partial charge in [0.2, 0.25) is 0 Å². The zero-order valence-corrected chi connectivity index (χ0v) is 38.3. The Labute approximate surface area is 389 Å². The van der Waals surface area contributed by atoms with E-state index in [0.29, 0.717) is 55.4 Å². The monoisotopic (exact) mass is 908 g/mol. The number of aryl methyl sites for hydroxylation is 2. The van der Waals surface area contributed by atoms with Crippen molar-refractivity contribution in [3.8, 4) is 0 Å². The highest BCUT2D eigenvalue weighted by Gasteiger charge is 2.32. The van der Waals surface area contributed by atoms with Crippen LogP contribution in [0.4, 0.5) is 16.2 Å². The van der Waals surface area contributed by atoms with Crippen molar-refractivity contribution in [2.75, 3.05) is 63.2 Å². The van der Waals surface area contributed by atoms with Crippen molar-refractivity contribution in [1.82, 2.24) is 30.8 Å². The standard InChI is InChI=1S/C28H32N4O5.C23H24N4O3/c1-18-11-12-22(21-9-6-5-8-20(18)21)25(33)31-23-10-7-13-29-24(23)26(34)30-16-19-17-36-15-14-32(19)27(35)37-28(2,3)4;1-15-8-9-19(18-6-3-2-5-17(15)18)22(28)27-20-7-4-10-25-21(20)23(29)26-13-16-14-30-12-11-24-16/h5-13,19H,14-17H2,1-4H3,(H,30,34)(H,31,33);2-10,16,24H,11-14H2,1H3,(H,26,29)(H,27,28). The highest BCUT2D eigenvalue weighted by atomic mass is 16.6. The zero-order chi connectivity index (χ0) is 47.5. The maximum atomic E-state index is 13.2.